The zero-order valence-corrected chi connectivity index (χ0v) is 15.3. The van der Waals surface area contributed by atoms with Gasteiger partial charge in [0.15, 0.2) is 29.7 Å². The van der Waals surface area contributed by atoms with E-state index in [2.05, 4.69) is 15.1 Å². The number of aromatic nitrogens is 4. The minimum absolute atomic E-state index is 0.0210. The van der Waals surface area contributed by atoms with Crippen LogP contribution >= 0.6 is 0 Å². The van der Waals surface area contributed by atoms with Gasteiger partial charge in [-0.25, -0.2) is 26.7 Å². The third kappa shape index (κ3) is 3.74. The quantitative estimate of drug-likeness (QED) is 0.496. The van der Waals surface area contributed by atoms with E-state index in [-0.39, 0.29) is 22.5 Å². The highest BCUT2D eigenvalue weighted by Crippen LogP contribution is 2.37. The molecule has 3 heterocycles. The van der Waals surface area contributed by atoms with Crippen molar-refractivity contribution in [3.05, 3.63) is 45.8 Å². The molecule has 160 valence electrons. The van der Waals surface area contributed by atoms with Gasteiger partial charge >= 0.3 is 5.69 Å². The Kier molecular flexibility index (Phi) is 5.41. The van der Waals surface area contributed by atoms with Crippen LogP contribution in [0.3, 0.4) is 0 Å². The van der Waals surface area contributed by atoms with Gasteiger partial charge in [-0.3, -0.25) is 4.98 Å². The van der Waals surface area contributed by atoms with Crippen LogP contribution < -0.4 is 10.4 Å². The third-order valence-electron chi connectivity index (χ3n) is 4.60. The number of alkyl halides is 2. The number of ether oxygens (including phenoxy) is 2. The summed E-state index contributed by atoms with van der Waals surface area (Å²) in [5.41, 5.74) is -1.01. The standard InChI is InChI=1S/C18H15F5N4O3/c19-9-5-8(6-10(20)14(9)23)13-15(11-3-1-2-4-29-11)26-27-16(13)24-17(25-18(27)28)30-7-12(21)22/h5-6,11-12H,1-4,7H2,(H,24,25,28). The molecule has 0 bridgehead atoms. The number of fused-ring (bicyclic) bond motifs is 1. The summed E-state index contributed by atoms with van der Waals surface area (Å²) in [6, 6.07) is 0.961. The Morgan fingerprint density at radius 1 is 1.23 bits per heavy atom. The van der Waals surface area contributed by atoms with Gasteiger partial charge < -0.3 is 9.47 Å². The Morgan fingerprint density at radius 2 is 1.97 bits per heavy atom. The molecule has 2 aromatic heterocycles. The van der Waals surface area contributed by atoms with Crippen molar-refractivity contribution < 1.29 is 31.4 Å². The summed E-state index contributed by atoms with van der Waals surface area (Å²) in [4.78, 5) is 18.5. The van der Waals surface area contributed by atoms with Crippen molar-refractivity contribution in [3.8, 4) is 17.1 Å². The van der Waals surface area contributed by atoms with Gasteiger partial charge in [0.1, 0.15) is 11.8 Å². The van der Waals surface area contributed by atoms with Gasteiger partial charge in [-0.1, -0.05) is 0 Å². The van der Waals surface area contributed by atoms with E-state index in [1.807, 2.05) is 0 Å². The number of nitrogens with one attached hydrogen (secondary N) is 1. The molecule has 1 unspecified atom stereocenters. The molecule has 1 aromatic carbocycles. The second-order valence-corrected chi connectivity index (χ2v) is 6.65. The molecule has 1 aliphatic heterocycles. The number of nitrogens with zero attached hydrogens (tertiary/aromatic N) is 3. The van der Waals surface area contributed by atoms with Gasteiger partial charge in [-0.05, 0) is 37.0 Å². The van der Waals surface area contributed by atoms with Gasteiger partial charge in [0, 0.05) is 6.61 Å². The van der Waals surface area contributed by atoms with Crippen LogP contribution in [0.25, 0.3) is 16.8 Å². The number of rotatable bonds is 5. The van der Waals surface area contributed by atoms with Crippen LogP contribution in [0.5, 0.6) is 6.01 Å². The molecule has 30 heavy (non-hydrogen) atoms. The maximum atomic E-state index is 13.9. The van der Waals surface area contributed by atoms with Crippen molar-refractivity contribution in [3.63, 3.8) is 0 Å². The lowest BCUT2D eigenvalue weighted by molar-refractivity contribution is 0.0125. The summed E-state index contributed by atoms with van der Waals surface area (Å²) in [5, 5.41) is 4.17. The Balaban J connectivity index is 1.94. The van der Waals surface area contributed by atoms with Gasteiger partial charge in [0.05, 0.1) is 5.56 Å². The lowest BCUT2D eigenvalue weighted by Crippen LogP contribution is -2.21. The lowest BCUT2D eigenvalue weighted by Gasteiger charge is -2.21. The second-order valence-electron chi connectivity index (χ2n) is 6.65. The molecule has 7 nitrogen and oxygen atoms in total. The molecule has 1 aliphatic rings. The number of halogens is 5. The molecule has 4 rings (SSSR count). The van der Waals surface area contributed by atoms with E-state index in [4.69, 9.17) is 9.47 Å². The minimum atomic E-state index is -2.82. The molecule has 0 saturated carbocycles. The molecule has 3 aromatic rings. The van der Waals surface area contributed by atoms with Gasteiger partial charge in [-0.15, -0.1) is 0 Å². The Labute approximate surface area is 165 Å². The van der Waals surface area contributed by atoms with Crippen LogP contribution in [0.1, 0.15) is 31.1 Å². The molecule has 0 amide bonds. The first kappa shape index (κ1) is 20.3. The zero-order valence-electron chi connectivity index (χ0n) is 15.3. The fourth-order valence-electron chi connectivity index (χ4n) is 3.31. The first-order valence-electron chi connectivity index (χ1n) is 9.05. The van der Waals surface area contributed by atoms with Crippen LogP contribution in [-0.4, -0.2) is 39.2 Å². The Bertz CT molecular complexity index is 1120. The van der Waals surface area contributed by atoms with E-state index < -0.39 is 48.3 Å². The molecule has 1 atom stereocenters. The molecule has 1 N–H and O–H groups in total. The van der Waals surface area contributed by atoms with Gasteiger partial charge in [0.2, 0.25) is 0 Å². The van der Waals surface area contributed by atoms with Gasteiger partial charge in [-0.2, -0.15) is 14.6 Å². The van der Waals surface area contributed by atoms with Crippen molar-refractivity contribution in [2.75, 3.05) is 13.2 Å². The summed E-state index contributed by atoms with van der Waals surface area (Å²) in [7, 11) is 0. The van der Waals surface area contributed by atoms with Crippen molar-refractivity contribution >= 4 is 5.65 Å². The molecular formula is C18H15F5N4O3. The first-order valence-corrected chi connectivity index (χ1v) is 9.05. The topological polar surface area (TPSA) is 81.5 Å². The predicted octanol–water partition coefficient (Wildman–Crippen LogP) is 3.39. The Hall–Kier alpha value is -3.02. The molecule has 1 saturated heterocycles. The summed E-state index contributed by atoms with van der Waals surface area (Å²) >= 11 is 0. The summed E-state index contributed by atoms with van der Waals surface area (Å²) in [6.07, 6.45) is -1.30. The van der Waals surface area contributed by atoms with Crippen LogP contribution in [0.4, 0.5) is 22.0 Å². The molecule has 12 heteroatoms. The van der Waals surface area contributed by atoms with E-state index in [1.165, 1.54) is 0 Å². The molecule has 0 aliphatic carbocycles. The number of hydrogen-bond donors (Lipinski definition) is 1. The van der Waals surface area contributed by atoms with E-state index >= 15 is 0 Å². The smallest absolute Gasteiger partial charge is 0.352 e. The van der Waals surface area contributed by atoms with Crippen LogP contribution in [-0.2, 0) is 4.74 Å². The number of hydrogen-bond acceptors (Lipinski definition) is 5. The SMILES string of the molecule is O=c1[nH]c(OCC(F)F)nc2c(-c3cc(F)c(F)c(F)c3)c(C3CCCCO3)nn12. The van der Waals surface area contributed by atoms with E-state index in [9.17, 15) is 26.7 Å². The maximum absolute atomic E-state index is 13.9. The summed E-state index contributed by atoms with van der Waals surface area (Å²) in [6.45, 7) is -0.613. The number of H-pyrrole nitrogens is 1. The first-order chi connectivity index (χ1) is 14.3. The lowest BCUT2D eigenvalue weighted by atomic mass is 9.98. The van der Waals surface area contributed by atoms with Crippen molar-refractivity contribution in [1.82, 2.24) is 19.6 Å². The van der Waals surface area contributed by atoms with Crippen LogP contribution in [0, 0.1) is 17.5 Å². The van der Waals surface area contributed by atoms with Crippen molar-refractivity contribution in [2.45, 2.75) is 31.8 Å². The maximum Gasteiger partial charge on any atom is 0.352 e. The monoisotopic (exact) mass is 430 g/mol. The zero-order chi connectivity index (χ0) is 21.4. The van der Waals surface area contributed by atoms with E-state index in [1.54, 1.807) is 0 Å². The average molecular weight is 430 g/mol. The van der Waals surface area contributed by atoms with Crippen LogP contribution in [0.15, 0.2) is 16.9 Å². The highest BCUT2D eigenvalue weighted by atomic mass is 19.3. The normalized spacial score (nSPS) is 17.1. The third-order valence-corrected chi connectivity index (χ3v) is 4.60. The fraction of sp³-hybridized carbons (Fsp3) is 0.389. The summed E-state index contributed by atoms with van der Waals surface area (Å²) < 4.78 is 77.5. The highest BCUT2D eigenvalue weighted by Gasteiger charge is 2.28. The Morgan fingerprint density at radius 3 is 2.60 bits per heavy atom. The fourth-order valence-corrected chi connectivity index (χ4v) is 3.31. The molecule has 1 fully saturated rings. The number of aromatic amines is 1. The van der Waals surface area contributed by atoms with E-state index in [0.29, 0.717) is 13.0 Å². The molecule has 0 spiro atoms. The van der Waals surface area contributed by atoms with E-state index in [0.717, 1.165) is 29.5 Å². The largest absolute Gasteiger partial charge is 0.459 e. The second kappa shape index (κ2) is 8.01. The highest BCUT2D eigenvalue weighted by molar-refractivity contribution is 5.80. The van der Waals surface area contributed by atoms with Gasteiger partial charge in [0.25, 0.3) is 12.4 Å². The predicted molar refractivity (Wildman–Crippen MR) is 93.0 cm³/mol. The molecule has 0 radical (unpaired) electrons. The van der Waals surface area contributed by atoms with Crippen LogP contribution in [0.2, 0.25) is 0 Å². The average Bonchev–Trinajstić information content (AvgIpc) is 3.11. The van der Waals surface area contributed by atoms with Crippen molar-refractivity contribution in [2.24, 2.45) is 0 Å². The molecular weight excluding hydrogens is 415 g/mol. The number of benzene rings is 1. The minimum Gasteiger partial charge on any atom is -0.459 e. The summed E-state index contributed by atoms with van der Waals surface area (Å²) in [5.74, 6) is -4.55. The van der Waals surface area contributed by atoms with Crippen molar-refractivity contribution in [1.29, 1.82) is 0 Å².